The average molecular weight is 234 g/mol. The van der Waals surface area contributed by atoms with Crippen molar-refractivity contribution in [2.24, 2.45) is 5.92 Å². The first kappa shape index (κ1) is 12.5. The van der Waals surface area contributed by atoms with Gasteiger partial charge in [-0.2, -0.15) is 0 Å². The molecule has 1 aromatic heterocycles. The summed E-state index contributed by atoms with van der Waals surface area (Å²) in [6, 6.07) is 2.33. The van der Waals surface area contributed by atoms with Gasteiger partial charge in [-0.05, 0) is 56.8 Å². The Bertz CT molecular complexity index is 363. The third-order valence-electron chi connectivity index (χ3n) is 3.50. The number of ether oxygens (including phenoxy) is 1. The van der Waals surface area contributed by atoms with Crippen LogP contribution in [0.1, 0.15) is 36.9 Å². The number of nitrogens with one attached hydrogen (secondary N) is 1. The van der Waals surface area contributed by atoms with Crippen molar-refractivity contribution < 1.29 is 4.74 Å². The van der Waals surface area contributed by atoms with Gasteiger partial charge in [-0.3, -0.25) is 4.98 Å². The van der Waals surface area contributed by atoms with Crippen LogP contribution in [0.2, 0.25) is 0 Å². The van der Waals surface area contributed by atoms with Gasteiger partial charge in [0.2, 0.25) is 0 Å². The van der Waals surface area contributed by atoms with E-state index in [9.17, 15) is 0 Å². The highest BCUT2D eigenvalue weighted by Crippen LogP contribution is 2.40. The molecule has 2 atom stereocenters. The molecule has 2 unspecified atom stereocenters. The molecule has 0 aliphatic heterocycles. The highest BCUT2D eigenvalue weighted by atomic mass is 16.5. The average Bonchev–Trinajstić information content (AvgIpc) is 3.15. The van der Waals surface area contributed by atoms with E-state index in [0.717, 1.165) is 6.61 Å². The number of aromatic nitrogens is 1. The van der Waals surface area contributed by atoms with Crippen molar-refractivity contribution >= 4 is 0 Å². The quantitative estimate of drug-likeness (QED) is 0.821. The van der Waals surface area contributed by atoms with Crippen LogP contribution < -0.4 is 5.32 Å². The van der Waals surface area contributed by atoms with E-state index in [1.165, 1.54) is 24.0 Å². The minimum Gasteiger partial charge on any atom is -0.376 e. The molecule has 0 amide bonds. The number of rotatable bonds is 6. The number of hydrogen-bond acceptors (Lipinski definition) is 3. The summed E-state index contributed by atoms with van der Waals surface area (Å²) in [7, 11) is 2.01. The van der Waals surface area contributed by atoms with Crippen molar-refractivity contribution in [1.29, 1.82) is 0 Å². The molecule has 1 heterocycles. The molecule has 1 aromatic rings. The summed E-state index contributed by atoms with van der Waals surface area (Å²) in [5, 5.41) is 3.40. The maximum Gasteiger partial charge on any atom is 0.0798 e. The third kappa shape index (κ3) is 2.85. The van der Waals surface area contributed by atoms with Crippen molar-refractivity contribution in [1.82, 2.24) is 10.3 Å². The summed E-state index contributed by atoms with van der Waals surface area (Å²) in [6.07, 6.45) is 6.68. The van der Waals surface area contributed by atoms with Gasteiger partial charge in [-0.15, -0.1) is 0 Å². The Balaban J connectivity index is 2.21. The monoisotopic (exact) mass is 234 g/mol. The number of hydrogen-bond donors (Lipinski definition) is 1. The number of aryl methyl sites for hydroxylation is 1. The van der Waals surface area contributed by atoms with Crippen LogP contribution in [0.25, 0.3) is 0 Å². The van der Waals surface area contributed by atoms with E-state index >= 15 is 0 Å². The molecule has 2 rings (SSSR count). The first-order valence-electron chi connectivity index (χ1n) is 6.47. The van der Waals surface area contributed by atoms with Crippen LogP contribution in [0.4, 0.5) is 0 Å². The molecule has 94 valence electrons. The van der Waals surface area contributed by atoms with E-state index in [4.69, 9.17) is 4.74 Å². The van der Waals surface area contributed by atoms with Gasteiger partial charge < -0.3 is 10.1 Å². The molecule has 3 heteroatoms. The van der Waals surface area contributed by atoms with E-state index < -0.39 is 0 Å². The van der Waals surface area contributed by atoms with Gasteiger partial charge in [0.1, 0.15) is 0 Å². The molecule has 3 nitrogen and oxygen atoms in total. The topological polar surface area (TPSA) is 34.1 Å². The van der Waals surface area contributed by atoms with Gasteiger partial charge in [0.25, 0.3) is 0 Å². The van der Waals surface area contributed by atoms with Gasteiger partial charge >= 0.3 is 0 Å². The lowest BCUT2D eigenvalue weighted by Gasteiger charge is -2.28. The predicted octanol–water partition coefficient (Wildman–Crippen LogP) is 2.47. The van der Waals surface area contributed by atoms with E-state index in [1.807, 2.05) is 19.4 Å². The zero-order chi connectivity index (χ0) is 12.3. The lowest BCUT2D eigenvalue weighted by molar-refractivity contribution is 0.0202. The lowest BCUT2D eigenvalue weighted by atomic mass is 9.96. The van der Waals surface area contributed by atoms with Crippen LogP contribution in [0.5, 0.6) is 0 Å². The Morgan fingerprint density at radius 2 is 2.29 bits per heavy atom. The third-order valence-corrected chi connectivity index (χ3v) is 3.50. The predicted molar refractivity (Wildman–Crippen MR) is 68.9 cm³/mol. The first-order valence-corrected chi connectivity index (χ1v) is 6.47. The van der Waals surface area contributed by atoms with Gasteiger partial charge in [-0.1, -0.05) is 0 Å². The molecular weight excluding hydrogens is 212 g/mol. The molecule has 0 spiro atoms. The number of likely N-dealkylation sites (N-methyl/N-ethyl adjacent to an activating group) is 1. The molecule has 1 aliphatic carbocycles. The molecule has 1 aliphatic rings. The molecule has 1 saturated carbocycles. The Labute approximate surface area is 104 Å². The molecule has 0 bridgehead atoms. The Hall–Kier alpha value is -0.930. The molecule has 17 heavy (non-hydrogen) atoms. The molecule has 1 fully saturated rings. The Morgan fingerprint density at radius 1 is 1.53 bits per heavy atom. The van der Waals surface area contributed by atoms with E-state index in [0.29, 0.717) is 5.92 Å². The fourth-order valence-corrected chi connectivity index (χ4v) is 2.42. The zero-order valence-electron chi connectivity index (χ0n) is 10.9. The second-order valence-electron chi connectivity index (χ2n) is 4.76. The maximum atomic E-state index is 5.94. The highest BCUT2D eigenvalue weighted by molar-refractivity contribution is 5.26. The second-order valence-corrected chi connectivity index (χ2v) is 4.76. The number of nitrogens with zero attached hydrogens (tertiary/aromatic N) is 1. The SMILES string of the molecule is CCOC(C1CC1)C(NC)c1cnccc1C. The van der Waals surface area contributed by atoms with Crippen LogP contribution in [-0.4, -0.2) is 24.7 Å². The smallest absolute Gasteiger partial charge is 0.0798 e. The minimum atomic E-state index is 0.260. The van der Waals surface area contributed by atoms with E-state index in [-0.39, 0.29) is 12.1 Å². The van der Waals surface area contributed by atoms with Crippen molar-refractivity contribution in [2.75, 3.05) is 13.7 Å². The van der Waals surface area contributed by atoms with Gasteiger partial charge in [0, 0.05) is 19.0 Å². The number of pyridine rings is 1. The largest absolute Gasteiger partial charge is 0.376 e. The summed E-state index contributed by atoms with van der Waals surface area (Å²) in [4.78, 5) is 4.24. The Kier molecular flexibility index (Phi) is 4.13. The fourth-order valence-electron chi connectivity index (χ4n) is 2.42. The maximum absolute atomic E-state index is 5.94. The van der Waals surface area contributed by atoms with Crippen LogP contribution >= 0.6 is 0 Å². The van der Waals surface area contributed by atoms with Crippen molar-refractivity contribution in [3.8, 4) is 0 Å². The van der Waals surface area contributed by atoms with E-state index in [1.54, 1.807) is 0 Å². The summed E-state index contributed by atoms with van der Waals surface area (Å²) >= 11 is 0. The molecule has 0 aromatic carbocycles. The van der Waals surface area contributed by atoms with Gasteiger partial charge in [-0.25, -0.2) is 0 Å². The van der Waals surface area contributed by atoms with Crippen molar-refractivity contribution in [3.63, 3.8) is 0 Å². The lowest BCUT2D eigenvalue weighted by Crippen LogP contribution is -2.34. The first-order chi connectivity index (χ1) is 8.27. The van der Waals surface area contributed by atoms with Crippen LogP contribution in [0.15, 0.2) is 18.5 Å². The highest BCUT2D eigenvalue weighted by Gasteiger charge is 2.37. The van der Waals surface area contributed by atoms with Crippen LogP contribution in [0, 0.1) is 12.8 Å². The van der Waals surface area contributed by atoms with Crippen molar-refractivity contribution in [2.45, 2.75) is 38.8 Å². The van der Waals surface area contributed by atoms with Gasteiger partial charge in [0.15, 0.2) is 0 Å². The minimum absolute atomic E-state index is 0.260. The Morgan fingerprint density at radius 3 is 2.82 bits per heavy atom. The summed E-state index contributed by atoms with van der Waals surface area (Å²) < 4.78 is 5.94. The molecular formula is C14H22N2O. The summed E-state index contributed by atoms with van der Waals surface area (Å²) in [5.41, 5.74) is 2.55. The van der Waals surface area contributed by atoms with E-state index in [2.05, 4.69) is 30.2 Å². The zero-order valence-corrected chi connectivity index (χ0v) is 10.9. The van der Waals surface area contributed by atoms with Crippen LogP contribution in [-0.2, 0) is 4.74 Å². The molecule has 1 N–H and O–H groups in total. The van der Waals surface area contributed by atoms with Crippen LogP contribution in [0.3, 0.4) is 0 Å². The summed E-state index contributed by atoms with van der Waals surface area (Å²) in [6.45, 7) is 4.98. The molecule has 0 radical (unpaired) electrons. The fraction of sp³-hybridized carbons (Fsp3) is 0.643. The summed E-state index contributed by atoms with van der Waals surface area (Å²) in [5.74, 6) is 0.715. The standard InChI is InChI=1S/C14H22N2O/c1-4-17-14(11-5-6-11)13(15-3)12-9-16-8-7-10(12)2/h7-9,11,13-15H,4-6H2,1-3H3. The molecule has 0 saturated heterocycles. The van der Waals surface area contributed by atoms with Gasteiger partial charge in [0.05, 0.1) is 12.1 Å². The second kappa shape index (κ2) is 5.61. The normalized spacial score (nSPS) is 19.0. The van der Waals surface area contributed by atoms with Crippen molar-refractivity contribution in [3.05, 3.63) is 29.6 Å².